The van der Waals surface area contributed by atoms with Crippen LogP contribution in [0, 0.1) is 29.9 Å². The van der Waals surface area contributed by atoms with Crippen molar-refractivity contribution >= 4 is 27.5 Å². The monoisotopic (exact) mass is 754 g/mol. The van der Waals surface area contributed by atoms with E-state index >= 15 is 0 Å². The Labute approximate surface area is 272 Å². The van der Waals surface area contributed by atoms with Crippen LogP contribution in [-0.4, -0.2) is 15.9 Å². The standard InChI is InChI=1S/C26H23N.C13H24O2.Ir/c1-16(2)14-18-10-7-13-23-20(18)15-22-25(27-23)19-11-5-8-17-9-6-12-21(24(17)19)26(22,3)4;1-5-10(6-2)12(14)9-13(15)11(7-3)8-4;/h5-10,12,15-16H,14H2,1-4H3;9-11,14H,5-8H2,1-4H3;/q-2;;/b;12-9-;. The third-order valence-electron chi connectivity index (χ3n) is 9.00. The van der Waals surface area contributed by atoms with Crippen molar-refractivity contribution in [3.8, 4) is 11.3 Å². The van der Waals surface area contributed by atoms with Crippen LogP contribution in [0.5, 0.6) is 0 Å². The van der Waals surface area contributed by atoms with Crippen LogP contribution in [0.1, 0.15) is 97.8 Å². The van der Waals surface area contributed by atoms with Crippen molar-refractivity contribution < 1.29 is 30.0 Å². The molecule has 4 aromatic rings. The number of allylic oxidation sites excluding steroid dienone is 2. The molecule has 43 heavy (non-hydrogen) atoms. The number of fused-ring (bicyclic) bond motifs is 3. The first-order chi connectivity index (χ1) is 20.1. The zero-order valence-corrected chi connectivity index (χ0v) is 29.5. The first-order valence-electron chi connectivity index (χ1n) is 15.8. The van der Waals surface area contributed by atoms with Gasteiger partial charge in [-0.05, 0) is 49.1 Å². The second-order valence-corrected chi connectivity index (χ2v) is 12.6. The van der Waals surface area contributed by atoms with Gasteiger partial charge in [-0.2, -0.15) is 18.2 Å². The maximum atomic E-state index is 11.7. The number of rotatable bonds is 9. The molecule has 3 aromatic carbocycles. The van der Waals surface area contributed by atoms with Crippen molar-refractivity contribution in [1.29, 1.82) is 0 Å². The Bertz CT molecular complexity index is 1590. The van der Waals surface area contributed by atoms with E-state index in [9.17, 15) is 9.90 Å². The van der Waals surface area contributed by atoms with Crippen molar-refractivity contribution in [2.24, 2.45) is 17.8 Å². The van der Waals surface area contributed by atoms with Gasteiger partial charge in [0, 0.05) is 38.0 Å². The second-order valence-electron chi connectivity index (χ2n) is 12.6. The van der Waals surface area contributed by atoms with E-state index in [2.05, 4.69) is 76.2 Å². The van der Waals surface area contributed by atoms with Crippen molar-refractivity contribution in [1.82, 2.24) is 4.98 Å². The third kappa shape index (κ3) is 7.13. The molecule has 1 aromatic heterocycles. The molecular weight excluding hydrogens is 707 g/mol. The number of carbonyl (C=O) groups excluding carboxylic acids is 1. The summed E-state index contributed by atoms with van der Waals surface area (Å²) in [5.41, 5.74) is 7.09. The van der Waals surface area contributed by atoms with Gasteiger partial charge in [0.05, 0.1) is 5.76 Å². The smallest absolute Gasteiger partial charge is 0.162 e. The predicted molar refractivity (Wildman–Crippen MR) is 177 cm³/mol. The molecule has 1 aliphatic carbocycles. The van der Waals surface area contributed by atoms with Gasteiger partial charge in [-0.15, -0.1) is 46.2 Å². The third-order valence-corrected chi connectivity index (χ3v) is 9.00. The summed E-state index contributed by atoms with van der Waals surface area (Å²) < 4.78 is 0. The van der Waals surface area contributed by atoms with Crippen LogP contribution in [0.25, 0.3) is 32.9 Å². The summed E-state index contributed by atoms with van der Waals surface area (Å²) in [5.74, 6) is 1.16. The average Bonchev–Trinajstić information content (AvgIpc) is 2.97. The number of pyridine rings is 1. The predicted octanol–water partition coefficient (Wildman–Crippen LogP) is 10.4. The fraction of sp³-hybridized carbons (Fsp3) is 0.436. The minimum absolute atomic E-state index is 0. The molecule has 1 radical (unpaired) electrons. The Morgan fingerprint density at radius 3 is 2.21 bits per heavy atom. The van der Waals surface area contributed by atoms with Crippen LogP contribution in [0.2, 0.25) is 0 Å². The quantitative estimate of drug-likeness (QED) is 0.105. The molecule has 0 saturated carbocycles. The van der Waals surface area contributed by atoms with Crippen LogP contribution >= 0.6 is 0 Å². The Morgan fingerprint density at radius 2 is 1.58 bits per heavy atom. The molecule has 0 aliphatic heterocycles. The molecule has 1 N–H and O–H groups in total. The number of hydrogen-bond donors (Lipinski definition) is 1. The molecule has 0 bridgehead atoms. The zero-order valence-electron chi connectivity index (χ0n) is 27.1. The van der Waals surface area contributed by atoms with E-state index in [1.165, 1.54) is 38.9 Å². The number of carbonyl (C=O) groups is 1. The Morgan fingerprint density at radius 1 is 0.930 bits per heavy atom. The summed E-state index contributed by atoms with van der Waals surface area (Å²) >= 11 is 0. The summed E-state index contributed by atoms with van der Waals surface area (Å²) in [4.78, 5) is 16.8. The molecule has 1 aliphatic rings. The van der Waals surface area contributed by atoms with Crippen molar-refractivity contribution in [3.05, 3.63) is 89.2 Å². The molecule has 0 saturated heterocycles. The maximum absolute atomic E-state index is 11.7. The zero-order chi connectivity index (χ0) is 30.6. The number of hydrogen-bond acceptors (Lipinski definition) is 3. The van der Waals surface area contributed by atoms with Crippen molar-refractivity contribution in [2.45, 2.75) is 92.9 Å². The van der Waals surface area contributed by atoms with Gasteiger partial charge in [0.25, 0.3) is 0 Å². The molecule has 4 heteroatoms. The van der Waals surface area contributed by atoms with Gasteiger partial charge in [0.2, 0.25) is 0 Å². The van der Waals surface area contributed by atoms with Crippen LogP contribution in [0.4, 0.5) is 0 Å². The van der Waals surface area contributed by atoms with Gasteiger partial charge in [-0.3, -0.25) is 4.79 Å². The Hall–Kier alpha value is -2.81. The topological polar surface area (TPSA) is 50.2 Å². The molecule has 0 unspecified atom stereocenters. The molecule has 231 valence electrons. The van der Waals surface area contributed by atoms with Crippen LogP contribution in [0.3, 0.4) is 0 Å². The van der Waals surface area contributed by atoms with Crippen molar-refractivity contribution in [3.63, 3.8) is 0 Å². The summed E-state index contributed by atoms with van der Waals surface area (Å²) in [5, 5.41) is 13.6. The summed E-state index contributed by atoms with van der Waals surface area (Å²) in [6, 6.07) is 24.2. The second kappa shape index (κ2) is 14.8. The van der Waals surface area contributed by atoms with E-state index < -0.39 is 0 Å². The molecule has 0 spiro atoms. The summed E-state index contributed by atoms with van der Waals surface area (Å²) in [6.45, 7) is 17.2. The fourth-order valence-electron chi connectivity index (χ4n) is 6.37. The van der Waals surface area contributed by atoms with Crippen LogP contribution in [-0.2, 0) is 36.7 Å². The minimum atomic E-state index is -0.0941. The largest absolute Gasteiger partial charge is 0.512 e. The molecule has 3 nitrogen and oxygen atoms in total. The normalized spacial score (nSPS) is 13.6. The number of nitrogens with zero attached hydrogens (tertiary/aromatic N) is 1. The number of aliphatic hydroxyl groups excluding tert-OH is 1. The number of aliphatic hydroxyl groups is 1. The van der Waals surface area contributed by atoms with E-state index in [1.807, 2.05) is 39.8 Å². The fourth-order valence-corrected chi connectivity index (χ4v) is 6.37. The van der Waals surface area contributed by atoms with E-state index in [1.54, 1.807) is 0 Å². The minimum Gasteiger partial charge on any atom is -0.512 e. The Kier molecular flexibility index (Phi) is 11.9. The van der Waals surface area contributed by atoms with Gasteiger partial charge < -0.3 is 10.1 Å². The van der Waals surface area contributed by atoms with Crippen molar-refractivity contribution in [2.75, 3.05) is 0 Å². The number of aromatic nitrogens is 1. The molecular formula is C39H47IrNO2-2. The van der Waals surface area contributed by atoms with Gasteiger partial charge in [0.1, 0.15) is 0 Å². The molecule has 5 rings (SSSR count). The van der Waals surface area contributed by atoms with Crippen LogP contribution < -0.4 is 0 Å². The molecule has 0 atom stereocenters. The van der Waals surface area contributed by atoms with E-state index in [4.69, 9.17) is 4.98 Å². The maximum Gasteiger partial charge on any atom is 0.162 e. The summed E-state index contributed by atoms with van der Waals surface area (Å²) in [6.07, 6.45) is 5.97. The first kappa shape index (κ1) is 34.7. The molecule has 1 heterocycles. The number of benzene rings is 3. The summed E-state index contributed by atoms with van der Waals surface area (Å²) in [7, 11) is 0. The van der Waals surface area contributed by atoms with Gasteiger partial charge in [0.15, 0.2) is 5.78 Å². The van der Waals surface area contributed by atoms with E-state index in [0.717, 1.165) is 48.9 Å². The van der Waals surface area contributed by atoms with Crippen LogP contribution in [0.15, 0.2) is 60.4 Å². The molecule has 0 amide bonds. The van der Waals surface area contributed by atoms with E-state index in [0.29, 0.717) is 5.92 Å². The SMILES string of the molecule is CC(C)Cc1cc[c-]c2nc3c(cc12)C(C)(C)c1cccc2cc[c-]c-3c12.CCC(CC)C(=O)/C=C(\O)C(CC)CC.[Ir]. The number of ketones is 1. The average molecular weight is 754 g/mol. The molecule has 0 fully saturated rings. The van der Waals surface area contributed by atoms with Gasteiger partial charge >= 0.3 is 0 Å². The Balaban J connectivity index is 0.000000274. The van der Waals surface area contributed by atoms with E-state index in [-0.39, 0.29) is 48.9 Å². The van der Waals surface area contributed by atoms with Gasteiger partial charge in [-0.25, -0.2) is 0 Å². The van der Waals surface area contributed by atoms with Gasteiger partial charge in [-0.1, -0.05) is 95.6 Å². The first-order valence-corrected chi connectivity index (χ1v) is 15.8.